The third-order valence-electron chi connectivity index (χ3n) is 7.13. The Balaban J connectivity index is 1.46. The van der Waals surface area contributed by atoms with Crippen molar-refractivity contribution in [2.24, 2.45) is 7.05 Å². The van der Waals surface area contributed by atoms with Crippen LogP contribution in [-0.4, -0.2) is 89.6 Å². The molecule has 0 aliphatic carbocycles. The molecule has 38 heavy (non-hydrogen) atoms. The lowest BCUT2D eigenvalue weighted by atomic mass is 10.2. The molecule has 9 nitrogen and oxygen atoms in total. The summed E-state index contributed by atoms with van der Waals surface area (Å²) in [7, 11) is 5.27. The highest BCUT2D eigenvalue weighted by Crippen LogP contribution is 2.34. The van der Waals surface area contributed by atoms with E-state index in [4.69, 9.17) is 14.5 Å². The van der Waals surface area contributed by atoms with E-state index in [1.165, 1.54) is 13.0 Å². The predicted octanol–water partition coefficient (Wildman–Crippen LogP) is 4.21. The van der Waals surface area contributed by atoms with Crippen molar-refractivity contribution in [3.05, 3.63) is 55.0 Å². The second-order valence-electron chi connectivity index (χ2n) is 9.74. The number of anilines is 2. The van der Waals surface area contributed by atoms with Gasteiger partial charge in [0.15, 0.2) is 0 Å². The molecule has 1 fully saturated rings. The minimum Gasteiger partial charge on any atom is -0.497 e. The summed E-state index contributed by atoms with van der Waals surface area (Å²) in [4.78, 5) is 17.0. The van der Waals surface area contributed by atoms with Crippen LogP contribution >= 0.6 is 0 Å². The fourth-order valence-corrected chi connectivity index (χ4v) is 5.01. The summed E-state index contributed by atoms with van der Waals surface area (Å²) in [6.07, 6.45) is 6.78. The Kier molecular flexibility index (Phi) is 8.05. The highest BCUT2D eigenvalue weighted by molar-refractivity contribution is 5.82. The van der Waals surface area contributed by atoms with E-state index in [1.54, 1.807) is 18.9 Å². The number of piperazine rings is 1. The normalized spacial score (nSPS) is 14.6. The van der Waals surface area contributed by atoms with Crippen LogP contribution in [-0.2, 0) is 7.05 Å². The van der Waals surface area contributed by atoms with Crippen molar-refractivity contribution in [1.82, 2.24) is 29.5 Å². The van der Waals surface area contributed by atoms with E-state index in [1.807, 2.05) is 37.8 Å². The average molecular weight is 516 g/mol. The van der Waals surface area contributed by atoms with Gasteiger partial charge in [-0.15, -0.1) is 0 Å². The van der Waals surface area contributed by atoms with Crippen LogP contribution in [0.4, 0.5) is 11.4 Å². The maximum Gasteiger partial charge on any atom is 0.124 e. The Morgan fingerprint density at radius 3 is 2.18 bits per heavy atom. The molecule has 5 rings (SSSR count). The van der Waals surface area contributed by atoms with E-state index in [2.05, 4.69) is 56.0 Å². The molecule has 0 spiro atoms. The summed E-state index contributed by atoms with van der Waals surface area (Å²) in [5.74, 6) is 1.52. The Hall–Kier alpha value is -3.69. The zero-order valence-electron chi connectivity index (χ0n) is 22.8. The van der Waals surface area contributed by atoms with Crippen molar-refractivity contribution in [3.63, 3.8) is 0 Å². The molecule has 0 saturated carbocycles. The number of nitrogens with zero attached hydrogens (tertiary/aromatic N) is 7. The molecule has 4 aromatic rings. The lowest BCUT2D eigenvalue weighted by Gasteiger charge is -2.36. The number of aryl methyl sites for hydroxylation is 1. The molecule has 200 valence electrons. The molecule has 0 atom stereocenters. The molecule has 2 aromatic carbocycles. The van der Waals surface area contributed by atoms with Gasteiger partial charge in [-0.1, -0.05) is 6.92 Å². The maximum atomic E-state index is 5.60. The van der Waals surface area contributed by atoms with E-state index in [-0.39, 0.29) is 0 Å². The number of benzene rings is 2. The van der Waals surface area contributed by atoms with Gasteiger partial charge in [-0.2, -0.15) is 5.10 Å². The fourth-order valence-electron chi connectivity index (χ4n) is 5.01. The lowest BCUT2D eigenvalue weighted by molar-refractivity contribution is 0.135. The third-order valence-corrected chi connectivity index (χ3v) is 7.13. The Bertz CT molecular complexity index is 1340. The van der Waals surface area contributed by atoms with Gasteiger partial charge in [-0.25, -0.2) is 4.98 Å². The van der Waals surface area contributed by atoms with Crippen LogP contribution in [0.5, 0.6) is 11.5 Å². The van der Waals surface area contributed by atoms with Crippen molar-refractivity contribution < 1.29 is 9.47 Å². The monoisotopic (exact) mass is 515 g/mol. The van der Waals surface area contributed by atoms with Gasteiger partial charge in [-0.05, 0) is 31.2 Å². The lowest BCUT2D eigenvalue weighted by Crippen LogP contribution is -2.48. The molecule has 1 aliphatic rings. The molecule has 0 amide bonds. The molecular weight excluding hydrogens is 478 g/mol. The molecule has 0 unspecified atom stereocenters. The van der Waals surface area contributed by atoms with Gasteiger partial charge >= 0.3 is 0 Å². The topological polar surface area (TPSA) is 71.8 Å². The van der Waals surface area contributed by atoms with E-state index in [0.717, 1.165) is 84.4 Å². The first-order chi connectivity index (χ1) is 18.6. The van der Waals surface area contributed by atoms with E-state index >= 15 is 0 Å². The highest BCUT2D eigenvalue weighted by atomic mass is 16.5. The van der Waals surface area contributed by atoms with Crippen molar-refractivity contribution in [3.8, 4) is 22.8 Å². The number of fused-ring (bicyclic) bond motifs is 1. The summed E-state index contributed by atoms with van der Waals surface area (Å²) < 4.78 is 13.0. The van der Waals surface area contributed by atoms with Gasteiger partial charge in [0.25, 0.3) is 0 Å². The third kappa shape index (κ3) is 5.89. The minimum absolute atomic E-state index is 0.761. The van der Waals surface area contributed by atoms with Crippen LogP contribution in [0.3, 0.4) is 0 Å². The zero-order chi connectivity index (χ0) is 26.5. The maximum absolute atomic E-state index is 5.60. The van der Waals surface area contributed by atoms with Gasteiger partial charge in [0.05, 0.1) is 43.3 Å². The number of aromatic nitrogens is 4. The Morgan fingerprint density at radius 2 is 1.55 bits per heavy atom. The molecule has 3 heterocycles. The largest absolute Gasteiger partial charge is 0.497 e. The number of rotatable bonds is 10. The van der Waals surface area contributed by atoms with Crippen molar-refractivity contribution in [2.75, 3.05) is 64.9 Å². The summed E-state index contributed by atoms with van der Waals surface area (Å²) in [5.41, 5.74) is 5.52. The van der Waals surface area contributed by atoms with Crippen LogP contribution in [0.1, 0.15) is 13.3 Å². The number of hydrogen-bond donors (Lipinski definition) is 0. The molecule has 9 heteroatoms. The molecular formula is C29H37N7O2. The molecule has 1 saturated heterocycles. The highest BCUT2D eigenvalue weighted by Gasteiger charge is 2.19. The molecule has 2 aromatic heterocycles. The molecule has 0 bridgehead atoms. The first kappa shape index (κ1) is 25.9. The average Bonchev–Trinajstić information content (AvgIpc) is 3.39. The van der Waals surface area contributed by atoms with Gasteiger partial charge in [0.2, 0.25) is 0 Å². The van der Waals surface area contributed by atoms with Crippen LogP contribution in [0, 0.1) is 0 Å². The number of methoxy groups -OCH3 is 2. The Labute approximate surface area is 224 Å². The minimum atomic E-state index is 0.761. The van der Waals surface area contributed by atoms with Crippen molar-refractivity contribution >= 4 is 22.4 Å². The molecule has 0 radical (unpaired) electrons. The van der Waals surface area contributed by atoms with Crippen molar-refractivity contribution in [2.45, 2.75) is 13.3 Å². The first-order valence-electron chi connectivity index (χ1n) is 13.3. The number of ether oxygens (including phenoxy) is 2. The molecule has 1 aliphatic heterocycles. The summed E-state index contributed by atoms with van der Waals surface area (Å²) in [6.45, 7) is 9.65. The number of hydrogen-bond acceptors (Lipinski definition) is 8. The predicted molar refractivity (Wildman–Crippen MR) is 151 cm³/mol. The van der Waals surface area contributed by atoms with Gasteiger partial charge < -0.3 is 19.3 Å². The van der Waals surface area contributed by atoms with E-state index in [9.17, 15) is 0 Å². The van der Waals surface area contributed by atoms with Gasteiger partial charge in [-0.3, -0.25) is 14.6 Å². The second-order valence-corrected chi connectivity index (χ2v) is 9.74. The van der Waals surface area contributed by atoms with Crippen LogP contribution in [0.2, 0.25) is 0 Å². The summed E-state index contributed by atoms with van der Waals surface area (Å²) >= 11 is 0. The smallest absolute Gasteiger partial charge is 0.124 e. The fraction of sp³-hybridized carbons (Fsp3) is 0.414. The first-order valence-corrected chi connectivity index (χ1v) is 13.3. The standard InChI is InChI=1S/C29H37N7O2/c1-5-8-34-9-11-35(12-10-34)13-14-36(24-15-25(37-3)18-26(16-24)38-4)23-6-7-27-28(17-23)32-29(20-30-27)22-19-31-33(2)21-22/h6-7,15-21H,5,8-14H2,1-4H3. The Morgan fingerprint density at radius 1 is 0.842 bits per heavy atom. The quantitative estimate of drug-likeness (QED) is 0.311. The van der Waals surface area contributed by atoms with Crippen molar-refractivity contribution in [1.29, 1.82) is 0 Å². The van der Waals surface area contributed by atoms with Crippen LogP contribution in [0.25, 0.3) is 22.3 Å². The second kappa shape index (κ2) is 11.8. The van der Waals surface area contributed by atoms with E-state index < -0.39 is 0 Å². The summed E-state index contributed by atoms with van der Waals surface area (Å²) in [5, 5.41) is 4.28. The van der Waals surface area contributed by atoms with Gasteiger partial charge in [0, 0.05) is 87.7 Å². The van der Waals surface area contributed by atoms with Gasteiger partial charge in [0.1, 0.15) is 11.5 Å². The zero-order valence-corrected chi connectivity index (χ0v) is 22.8. The van der Waals surface area contributed by atoms with E-state index in [0.29, 0.717) is 0 Å². The summed E-state index contributed by atoms with van der Waals surface area (Å²) in [6, 6.07) is 12.3. The van der Waals surface area contributed by atoms with Crippen LogP contribution < -0.4 is 14.4 Å². The SMILES string of the molecule is CCCN1CCN(CCN(c2cc(OC)cc(OC)c2)c2ccc3ncc(-c4cnn(C)c4)nc3c2)CC1. The van der Waals surface area contributed by atoms with Crippen LogP contribution in [0.15, 0.2) is 55.0 Å². The molecule has 0 N–H and O–H groups in total.